The summed E-state index contributed by atoms with van der Waals surface area (Å²) in [5, 5.41) is 20.0. The summed E-state index contributed by atoms with van der Waals surface area (Å²) in [6, 6.07) is 19.2. The number of carbonyl (C=O) groups excluding carboxylic acids is 1. The first kappa shape index (κ1) is 18.8. The number of H-pyrrole nitrogens is 1. The molecule has 27 heavy (non-hydrogen) atoms. The first-order valence-electron chi connectivity index (χ1n) is 8.06. The van der Waals surface area contributed by atoms with E-state index in [2.05, 4.69) is 21.6 Å². The number of amides is 1. The number of hydrogen-bond donors (Lipinski definition) is 2. The molecule has 0 aliphatic carbocycles. The molecule has 0 aliphatic rings. The molecule has 0 fully saturated rings. The van der Waals surface area contributed by atoms with Gasteiger partial charge in [-0.3, -0.25) is 9.89 Å². The smallest absolute Gasteiger partial charge is 0.249 e. The predicted molar refractivity (Wildman–Crippen MR) is 108 cm³/mol. The number of hydrogen-bond acceptors (Lipinski definition) is 4. The first-order chi connectivity index (χ1) is 13.2. The molecular formula is C20H15ClN4OS. The molecule has 0 bridgehead atoms. The number of aromatic amines is 1. The first-order valence-corrected chi connectivity index (χ1v) is 9.42. The van der Waals surface area contributed by atoms with Gasteiger partial charge in [-0.1, -0.05) is 71.9 Å². The van der Waals surface area contributed by atoms with E-state index in [1.54, 1.807) is 18.2 Å². The Morgan fingerprint density at radius 1 is 1.22 bits per heavy atom. The van der Waals surface area contributed by atoms with Crippen LogP contribution in [0.5, 0.6) is 0 Å². The van der Waals surface area contributed by atoms with Gasteiger partial charge in [0.15, 0.2) is 0 Å². The third kappa shape index (κ3) is 5.00. The van der Waals surface area contributed by atoms with Gasteiger partial charge in [0.2, 0.25) is 5.91 Å². The summed E-state index contributed by atoms with van der Waals surface area (Å²) in [5.41, 5.74) is 2.18. The van der Waals surface area contributed by atoms with Crippen LogP contribution in [0.1, 0.15) is 16.7 Å². The summed E-state index contributed by atoms with van der Waals surface area (Å²) in [6.07, 6.45) is 2.98. The van der Waals surface area contributed by atoms with Crippen molar-refractivity contribution in [3.63, 3.8) is 0 Å². The molecule has 134 valence electrons. The number of thioether (sulfide) groups is 1. The topological polar surface area (TPSA) is 81.6 Å². The minimum Gasteiger partial charge on any atom is -0.306 e. The van der Waals surface area contributed by atoms with Gasteiger partial charge in [0.1, 0.15) is 22.5 Å². The fourth-order valence-corrected chi connectivity index (χ4v) is 3.39. The number of benzene rings is 2. The Hall–Kier alpha value is -3.01. The zero-order valence-electron chi connectivity index (χ0n) is 14.1. The number of nitrogens with zero attached hydrogens (tertiary/aromatic N) is 2. The highest BCUT2D eigenvalue weighted by molar-refractivity contribution is 7.98. The van der Waals surface area contributed by atoms with Gasteiger partial charge in [-0.05, 0) is 23.3 Å². The highest BCUT2D eigenvalue weighted by Gasteiger charge is 2.15. The van der Waals surface area contributed by atoms with E-state index in [1.807, 2.05) is 42.5 Å². The molecule has 0 unspecified atom stereocenters. The second-order valence-electron chi connectivity index (χ2n) is 5.51. The van der Waals surface area contributed by atoms with Crippen molar-refractivity contribution >= 4 is 41.2 Å². The van der Waals surface area contributed by atoms with Crippen molar-refractivity contribution in [2.75, 3.05) is 5.32 Å². The molecule has 0 radical (unpaired) electrons. The van der Waals surface area contributed by atoms with Crippen molar-refractivity contribution in [2.45, 2.75) is 10.8 Å². The summed E-state index contributed by atoms with van der Waals surface area (Å²) in [7, 11) is 0. The van der Waals surface area contributed by atoms with Crippen LogP contribution in [0, 0.1) is 11.3 Å². The fraction of sp³-hybridized carbons (Fsp3) is 0.0500. The summed E-state index contributed by atoms with van der Waals surface area (Å²) in [6.45, 7) is 0. The van der Waals surface area contributed by atoms with Gasteiger partial charge in [0.25, 0.3) is 0 Å². The number of nitriles is 1. The number of anilines is 1. The van der Waals surface area contributed by atoms with Crippen LogP contribution < -0.4 is 5.32 Å². The standard InChI is InChI=1S/C20H15ClN4OS/c21-17-9-5-4-8-15(17)10-11-18(26)23-19-16(12-22)20(25-24-19)27-13-14-6-2-1-3-7-14/h1-11H,13H2,(H2,23,24,25,26). The molecule has 3 rings (SSSR count). The number of aromatic nitrogens is 2. The lowest BCUT2D eigenvalue weighted by atomic mass is 10.2. The van der Waals surface area contributed by atoms with Crippen molar-refractivity contribution in [3.8, 4) is 6.07 Å². The molecule has 5 nitrogen and oxygen atoms in total. The molecule has 0 atom stereocenters. The molecule has 0 spiro atoms. The third-order valence-corrected chi connectivity index (χ3v) is 5.02. The summed E-state index contributed by atoms with van der Waals surface area (Å²) in [5.74, 6) is 0.580. The Balaban J connectivity index is 1.66. The van der Waals surface area contributed by atoms with Crippen LogP contribution in [0.4, 0.5) is 5.82 Å². The molecule has 3 aromatic rings. The molecule has 1 amide bonds. The highest BCUT2D eigenvalue weighted by atomic mass is 35.5. The highest BCUT2D eigenvalue weighted by Crippen LogP contribution is 2.28. The molecule has 2 N–H and O–H groups in total. The maximum atomic E-state index is 12.1. The number of nitrogens with one attached hydrogen (secondary N) is 2. The van der Waals surface area contributed by atoms with Crippen LogP contribution in [-0.4, -0.2) is 16.1 Å². The summed E-state index contributed by atoms with van der Waals surface area (Å²) >= 11 is 7.49. The lowest BCUT2D eigenvalue weighted by Crippen LogP contribution is -2.09. The van der Waals surface area contributed by atoms with Crippen LogP contribution in [0.15, 0.2) is 65.7 Å². The van der Waals surface area contributed by atoms with E-state index < -0.39 is 0 Å². The minimum atomic E-state index is -0.380. The second kappa shape index (κ2) is 9.08. The van der Waals surface area contributed by atoms with Crippen molar-refractivity contribution in [1.29, 1.82) is 5.26 Å². The summed E-state index contributed by atoms with van der Waals surface area (Å²) < 4.78 is 0. The molecule has 1 heterocycles. The van der Waals surface area contributed by atoms with Crippen molar-refractivity contribution in [1.82, 2.24) is 10.2 Å². The molecule has 0 saturated heterocycles. The van der Waals surface area contributed by atoms with E-state index in [0.717, 1.165) is 11.1 Å². The van der Waals surface area contributed by atoms with Crippen molar-refractivity contribution < 1.29 is 4.79 Å². The second-order valence-corrected chi connectivity index (χ2v) is 6.88. The Bertz CT molecular complexity index is 1010. The van der Waals surface area contributed by atoms with Gasteiger partial charge in [-0.15, -0.1) is 0 Å². The van der Waals surface area contributed by atoms with Gasteiger partial charge < -0.3 is 5.32 Å². The fourth-order valence-electron chi connectivity index (χ4n) is 2.29. The Labute approximate surface area is 166 Å². The van der Waals surface area contributed by atoms with Crippen LogP contribution in [0.25, 0.3) is 6.08 Å². The Kier molecular flexibility index (Phi) is 6.31. The lowest BCUT2D eigenvalue weighted by Gasteiger charge is -2.01. The zero-order valence-corrected chi connectivity index (χ0v) is 15.7. The normalized spacial score (nSPS) is 10.7. The van der Waals surface area contributed by atoms with Crippen molar-refractivity contribution in [3.05, 3.63) is 82.4 Å². The predicted octanol–water partition coefficient (Wildman–Crippen LogP) is 4.88. The van der Waals surface area contributed by atoms with Crippen LogP contribution in [-0.2, 0) is 10.5 Å². The van der Waals surface area contributed by atoms with E-state index >= 15 is 0 Å². The van der Waals surface area contributed by atoms with Gasteiger partial charge >= 0.3 is 0 Å². The molecular weight excluding hydrogens is 380 g/mol. The van der Waals surface area contributed by atoms with Crippen molar-refractivity contribution in [2.24, 2.45) is 0 Å². The third-order valence-electron chi connectivity index (χ3n) is 3.63. The van der Waals surface area contributed by atoms with E-state index in [0.29, 0.717) is 21.4 Å². The lowest BCUT2D eigenvalue weighted by molar-refractivity contribution is -0.111. The van der Waals surface area contributed by atoms with Gasteiger partial charge in [-0.2, -0.15) is 10.4 Å². The Morgan fingerprint density at radius 3 is 2.70 bits per heavy atom. The SMILES string of the molecule is N#Cc1c(SCc2ccccc2)n[nH]c1NC(=O)C=Cc1ccccc1Cl. The van der Waals surface area contributed by atoms with E-state index in [9.17, 15) is 10.1 Å². The largest absolute Gasteiger partial charge is 0.306 e. The average Bonchev–Trinajstić information content (AvgIpc) is 3.08. The molecule has 2 aromatic carbocycles. The maximum absolute atomic E-state index is 12.1. The van der Waals surface area contributed by atoms with Crippen LogP contribution in [0.2, 0.25) is 5.02 Å². The minimum absolute atomic E-state index is 0.280. The van der Waals surface area contributed by atoms with Gasteiger partial charge in [-0.25, -0.2) is 0 Å². The monoisotopic (exact) mass is 394 g/mol. The average molecular weight is 395 g/mol. The van der Waals surface area contributed by atoms with Crippen LogP contribution in [0.3, 0.4) is 0 Å². The van der Waals surface area contributed by atoms with Crippen LogP contribution >= 0.6 is 23.4 Å². The van der Waals surface area contributed by atoms with E-state index in [-0.39, 0.29) is 11.7 Å². The Morgan fingerprint density at radius 2 is 1.96 bits per heavy atom. The van der Waals surface area contributed by atoms with Gasteiger partial charge in [0, 0.05) is 16.9 Å². The molecule has 7 heteroatoms. The number of carbonyl (C=O) groups is 1. The van der Waals surface area contributed by atoms with Gasteiger partial charge in [0.05, 0.1) is 0 Å². The van der Waals surface area contributed by atoms with E-state index in [4.69, 9.17) is 11.6 Å². The number of rotatable bonds is 6. The zero-order chi connectivity index (χ0) is 19.1. The van der Waals surface area contributed by atoms with E-state index in [1.165, 1.54) is 17.8 Å². The maximum Gasteiger partial charge on any atom is 0.249 e. The number of halogens is 1. The molecule has 0 aliphatic heterocycles. The summed E-state index contributed by atoms with van der Waals surface area (Å²) in [4.78, 5) is 12.1. The molecule has 0 saturated carbocycles. The quantitative estimate of drug-likeness (QED) is 0.461. The molecule has 1 aromatic heterocycles.